The molecular weight excluding hydrogens is 402 g/mol. The van der Waals surface area contributed by atoms with Crippen LogP contribution in [-0.4, -0.2) is 15.8 Å². The minimum atomic E-state index is -0.500. The molecule has 0 fully saturated rings. The van der Waals surface area contributed by atoms with Crippen molar-refractivity contribution in [2.45, 2.75) is 6.92 Å². The van der Waals surface area contributed by atoms with E-state index in [9.17, 15) is 14.9 Å². The zero-order valence-electron chi connectivity index (χ0n) is 15.9. The van der Waals surface area contributed by atoms with Crippen molar-refractivity contribution in [3.05, 3.63) is 99.1 Å². The van der Waals surface area contributed by atoms with Gasteiger partial charge in [0.15, 0.2) is 0 Å². The Labute approximate surface area is 177 Å². The van der Waals surface area contributed by atoms with E-state index in [1.165, 1.54) is 18.2 Å². The van der Waals surface area contributed by atoms with Crippen LogP contribution in [0, 0.1) is 17.0 Å². The number of hydrogen-bond acceptors (Lipinski definition) is 4. The summed E-state index contributed by atoms with van der Waals surface area (Å²) in [6.07, 6.45) is 0. The second-order valence-corrected chi connectivity index (χ2v) is 7.19. The van der Waals surface area contributed by atoms with Gasteiger partial charge in [-0.15, -0.1) is 0 Å². The van der Waals surface area contributed by atoms with Crippen LogP contribution in [0.4, 0.5) is 11.4 Å². The number of halogens is 1. The minimum absolute atomic E-state index is 0.0938. The first kappa shape index (κ1) is 19.5. The molecule has 7 heteroatoms. The summed E-state index contributed by atoms with van der Waals surface area (Å²) in [6.45, 7) is 1.83. The van der Waals surface area contributed by atoms with Crippen LogP contribution >= 0.6 is 11.6 Å². The molecule has 0 aliphatic rings. The van der Waals surface area contributed by atoms with Crippen molar-refractivity contribution >= 4 is 39.8 Å². The SMILES string of the molecule is Cc1c(-c2cccc(Cl)c2)nc2ccccc2c1C(=O)Nc1cccc([N+](=O)[O-])c1. The molecule has 30 heavy (non-hydrogen) atoms. The molecule has 4 aromatic rings. The molecule has 0 aliphatic carbocycles. The van der Waals surface area contributed by atoms with Gasteiger partial charge in [-0.2, -0.15) is 0 Å². The number of carbonyl (C=O) groups is 1. The number of hydrogen-bond donors (Lipinski definition) is 1. The van der Waals surface area contributed by atoms with Crippen LogP contribution in [0.5, 0.6) is 0 Å². The molecule has 1 amide bonds. The maximum absolute atomic E-state index is 13.2. The molecule has 3 aromatic carbocycles. The number of carbonyl (C=O) groups excluding carboxylic acids is 1. The first-order valence-corrected chi connectivity index (χ1v) is 9.53. The fourth-order valence-corrected chi connectivity index (χ4v) is 3.60. The van der Waals surface area contributed by atoms with Gasteiger partial charge in [0.05, 0.1) is 21.7 Å². The predicted octanol–water partition coefficient (Wildman–Crippen LogP) is 6.02. The number of non-ortho nitro benzene ring substituents is 1. The normalized spacial score (nSPS) is 10.7. The van der Waals surface area contributed by atoms with Crippen molar-refractivity contribution in [2.75, 3.05) is 5.32 Å². The van der Waals surface area contributed by atoms with E-state index in [1.54, 1.807) is 18.2 Å². The summed E-state index contributed by atoms with van der Waals surface area (Å²) in [5.74, 6) is -0.366. The second-order valence-electron chi connectivity index (χ2n) is 6.75. The molecule has 148 valence electrons. The molecule has 0 saturated heterocycles. The van der Waals surface area contributed by atoms with Crippen LogP contribution in [0.25, 0.3) is 22.2 Å². The van der Waals surface area contributed by atoms with E-state index in [4.69, 9.17) is 16.6 Å². The molecule has 0 atom stereocenters. The lowest BCUT2D eigenvalue weighted by Gasteiger charge is -2.15. The summed E-state index contributed by atoms with van der Waals surface area (Å²) in [7, 11) is 0. The van der Waals surface area contributed by atoms with Crippen molar-refractivity contribution in [1.29, 1.82) is 0 Å². The summed E-state index contributed by atoms with van der Waals surface area (Å²) in [6, 6.07) is 20.5. The zero-order chi connectivity index (χ0) is 21.3. The number of fused-ring (bicyclic) bond motifs is 1. The quantitative estimate of drug-likeness (QED) is 0.324. The smallest absolute Gasteiger partial charge is 0.271 e. The number of pyridine rings is 1. The van der Waals surface area contributed by atoms with Crippen LogP contribution < -0.4 is 5.32 Å². The fraction of sp³-hybridized carbons (Fsp3) is 0.0435. The number of aromatic nitrogens is 1. The molecule has 0 spiro atoms. The van der Waals surface area contributed by atoms with Gasteiger partial charge in [0.2, 0.25) is 0 Å². The Bertz CT molecular complexity index is 1300. The Balaban J connectivity index is 1.85. The van der Waals surface area contributed by atoms with Crippen molar-refractivity contribution in [2.24, 2.45) is 0 Å². The summed E-state index contributed by atoms with van der Waals surface area (Å²) >= 11 is 6.15. The van der Waals surface area contributed by atoms with Crippen molar-refractivity contribution < 1.29 is 9.72 Å². The highest BCUT2D eigenvalue weighted by Crippen LogP contribution is 2.31. The van der Waals surface area contributed by atoms with Gasteiger partial charge >= 0.3 is 0 Å². The van der Waals surface area contributed by atoms with E-state index in [0.29, 0.717) is 38.4 Å². The van der Waals surface area contributed by atoms with Gasteiger partial charge in [-0.3, -0.25) is 14.9 Å². The first-order chi connectivity index (χ1) is 14.4. The summed E-state index contributed by atoms with van der Waals surface area (Å²) in [5.41, 5.74) is 3.53. The molecule has 0 bridgehead atoms. The van der Waals surface area contributed by atoms with E-state index in [2.05, 4.69) is 5.32 Å². The van der Waals surface area contributed by atoms with Gasteiger partial charge in [-0.25, -0.2) is 4.98 Å². The number of anilines is 1. The Hall–Kier alpha value is -3.77. The average molecular weight is 418 g/mol. The van der Waals surface area contributed by atoms with Gasteiger partial charge < -0.3 is 5.32 Å². The maximum Gasteiger partial charge on any atom is 0.271 e. The third-order valence-corrected chi connectivity index (χ3v) is 5.01. The van der Waals surface area contributed by atoms with Crippen LogP contribution in [0.1, 0.15) is 15.9 Å². The Kier molecular flexibility index (Phi) is 5.16. The molecule has 1 heterocycles. The van der Waals surface area contributed by atoms with Crippen LogP contribution in [-0.2, 0) is 0 Å². The van der Waals surface area contributed by atoms with Gasteiger partial charge in [0, 0.05) is 33.8 Å². The highest BCUT2D eigenvalue weighted by atomic mass is 35.5. The van der Waals surface area contributed by atoms with Crippen LogP contribution in [0.15, 0.2) is 72.8 Å². The van der Waals surface area contributed by atoms with Crippen LogP contribution in [0.2, 0.25) is 5.02 Å². The van der Waals surface area contributed by atoms with Gasteiger partial charge in [-0.1, -0.05) is 48.0 Å². The molecule has 6 nitrogen and oxygen atoms in total. The highest BCUT2D eigenvalue weighted by molar-refractivity contribution is 6.30. The largest absolute Gasteiger partial charge is 0.322 e. The lowest BCUT2D eigenvalue weighted by atomic mass is 9.97. The average Bonchev–Trinajstić information content (AvgIpc) is 2.73. The number of nitrogens with zero attached hydrogens (tertiary/aromatic N) is 2. The molecule has 1 N–H and O–H groups in total. The Morgan fingerprint density at radius 3 is 2.57 bits per heavy atom. The molecule has 0 unspecified atom stereocenters. The van der Waals surface area contributed by atoms with Gasteiger partial charge in [-0.05, 0) is 36.8 Å². The first-order valence-electron chi connectivity index (χ1n) is 9.15. The number of amides is 1. The van der Waals surface area contributed by atoms with Gasteiger partial charge in [0.25, 0.3) is 11.6 Å². The predicted molar refractivity (Wildman–Crippen MR) is 118 cm³/mol. The number of nitro benzene ring substituents is 1. The second kappa shape index (κ2) is 7.93. The lowest BCUT2D eigenvalue weighted by Crippen LogP contribution is -2.15. The molecule has 0 aliphatic heterocycles. The maximum atomic E-state index is 13.2. The highest BCUT2D eigenvalue weighted by Gasteiger charge is 2.19. The summed E-state index contributed by atoms with van der Waals surface area (Å²) in [4.78, 5) is 28.5. The number of nitro groups is 1. The monoisotopic (exact) mass is 417 g/mol. The summed E-state index contributed by atoms with van der Waals surface area (Å²) < 4.78 is 0. The molecule has 0 saturated carbocycles. The third-order valence-electron chi connectivity index (χ3n) is 4.78. The van der Waals surface area contributed by atoms with Crippen molar-refractivity contribution in [1.82, 2.24) is 4.98 Å². The van der Waals surface area contributed by atoms with Crippen molar-refractivity contribution in [3.8, 4) is 11.3 Å². The van der Waals surface area contributed by atoms with E-state index < -0.39 is 4.92 Å². The third kappa shape index (κ3) is 3.73. The number of rotatable bonds is 4. The zero-order valence-corrected chi connectivity index (χ0v) is 16.7. The minimum Gasteiger partial charge on any atom is -0.322 e. The topological polar surface area (TPSA) is 85.1 Å². The van der Waals surface area contributed by atoms with E-state index >= 15 is 0 Å². The van der Waals surface area contributed by atoms with E-state index in [0.717, 1.165) is 5.56 Å². The molecule has 4 rings (SSSR count). The van der Waals surface area contributed by atoms with Crippen molar-refractivity contribution in [3.63, 3.8) is 0 Å². The van der Waals surface area contributed by atoms with Crippen LogP contribution in [0.3, 0.4) is 0 Å². The van der Waals surface area contributed by atoms with E-state index in [1.807, 2.05) is 43.3 Å². The molecular formula is C23H16ClN3O3. The lowest BCUT2D eigenvalue weighted by molar-refractivity contribution is -0.384. The Morgan fingerprint density at radius 1 is 1.03 bits per heavy atom. The molecule has 0 radical (unpaired) electrons. The Morgan fingerprint density at radius 2 is 1.80 bits per heavy atom. The number of para-hydroxylation sites is 1. The summed E-state index contributed by atoms with van der Waals surface area (Å²) in [5, 5.41) is 15.1. The number of nitrogens with one attached hydrogen (secondary N) is 1. The number of benzene rings is 3. The fourth-order valence-electron chi connectivity index (χ4n) is 3.41. The standard InChI is InChI=1S/C23H16ClN3O3/c1-14-21(23(28)25-17-8-5-9-18(13-17)27(29)30)19-10-2-3-11-20(19)26-22(14)15-6-4-7-16(24)12-15/h2-13H,1H3,(H,25,28). The van der Waals surface area contributed by atoms with Gasteiger partial charge in [0.1, 0.15) is 0 Å². The van der Waals surface area contributed by atoms with E-state index in [-0.39, 0.29) is 11.6 Å². The molecule has 1 aromatic heterocycles.